The molecule has 142 valence electrons. The Morgan fingerprint density at radius 1 is 0.833 bits per heavy atom. The quantitative estimate of drug-likeness (QED) is 0.705. The predicted octanol–water partition coefficient (Wildman–Crippen LogP) is 1.86. The summed E-state index contributed by atoms with van der Waals surface area (Å²) in [5, 5.41) is 20.4. The van der Waals surface area contributed by atoms with Gasteiger partial charge in [0.05, 0.1) is 25.4 Å². The maximum atomic E-state index is 10.3. The molecule has 0 spiro atoms. The normalized spacial score (nSPS) is 32.6. The molecule has 0 aliphatic carbocycles. The van der Waals surface area contributed by atoms with Crippen LogP contribution in [-0.2, 0) is 4.74 Å². The monoisotopic (exact) mass is 342 g/mol. The van der Waals surface area contributed by atoms with Crippen molar-refractivity contribution in [2.45, 2.75) is 89.6 Å². The molecule has 2 heterocycles. The number of hydrogen-bond donors (Lipinski definition) is 2. The molecule has 24 heavy (non-hydrogen) atoms. The molecular weight excluding hydrogens is 304 g/mol. The molecule has 2 aliphatic rings. The van der Waals surface area contributed by atoms with Gasteiger partial charge in [-0.05, 0) is 53.0 Å². The van der Waals surface area contributed by atoms with Crippen molar-refractivity contribution < 1.29 is 14.9 Å². The number of β-amino-alcohol motifs (C(OH)–C–C–N with tert-alkyl or cyclic N) is 2. The van der Waals surface area contributed by atoms with Gasteiger partial charge in [0.2, 0.25) is 0 Å². The molecule has 5 nitrogen and oxygen atoms in total. The van der Waals surface area contributed by atoms with E-state index in [0.717, 1.165) is 6.54 Å². The largest absolute Gasteiger partial charge is 0.389 e. The van der Waals surface area contributed by atoms with E-state index in [9.17, 15) is 10.2 Å². The van der Waals surface area contributed by atoms with Crippen LogP contribution in [0.1, 0.15) is 59.3 Å². The third kappa shape index (κ3) is 6.26. The van der Waals surface area contributed by atoms with E-state index in [2.05, 4.69) is 30.6 Å². The van der Waals surface area contributed by atoms with Crippen LogP contribution in [0, 0.1) is 0 Å². The van der Waals surface area contributed by atoms with E-state index < -0.39 is 12.2 Å². The number of piperidine rings is 2. The van der Waals surface area contributed by atoms with Gasteiger partial charge in [-0.3, -0.25) is 9.80 Å². The molecular formula is C19H38N2O3. The Morgan fingerprint density at radius 3 is 2.04 bits per heavy atom. The van der Waals surface area contributed by atoms with Crippen LogP contribution in [0.25, 0.3) is 0 Å². The highest BCUT2D eigenvalue weighted by molar-refractivity contribution is 4.81. The number of rotatable bonds is 8. The number of aliphatic hydroxyl groups excluding tert-OH is 2. The van der Waals surface area contributed by atoms with Crippen LogP contribution >= 0.6 is 0 Å². The van der Waals surface area contributed by atoms with Crippen LogP contribution in [-0.4, -0.2) is 83.2 Å². The molecule has 2 rings (SSSR count). The van der Waals surface area contributed by atoms with E-state index in [-0.39, 0.29) is 0 Å². The van der Waals surface area contributed by atoms with Crippen LogP contribution in [0.15, 0.2) is 0 Å². The molecule has 2 N–H and O–H groups in total. The van der Waals surface area contributed by atoms with Crippen LogP contribution < -0.4 is 0 Å². The van der Waals surface area contributed by atoms with E-state index in [1.54, 1.807) is 0 Å². The highest BCUT2D eigenvalue weighted by Gasteiger charge is 2.26. The SMILES string of the molecule is CC1CCCCN1CC(O)COCC(O)CN1C(C)CCCC1C. The Labute approximate surface area is 148 Å². The number of likely N-dealkylation sites (tertiary alicyclic amines) is 2. The van der Waals surface area contributed by atoms with Gasteiger partial charge in [0.25, 0.3) is 0 Å². The van der Waals surface area contributed by atoms with Gasteiger partial charge in [0, 0.05) is 31.2 Å². The predicted molar refractivity (Wildman–Crippen MR) is 97.2 cm³/mol. The van der Waals surface area contributed by atoms with Crippen LogP contribution in [0.5, 0.6) is 0 Å². The molecule has 0 aromatic rings. The van der Waals surface area contributed by atoms with E-state index >= 15 is 0 Å². The summed E-state index contributed by atoms with van der Waals surface area (Å²) >= 11 is 0. The Hall–Kier alpha value is -0.200. The molecule has 0 saturated carbocycles. The van der Waals surface area contributed by atoms with Gasteiger partial charge in [0.15, 0.2) is 0 Å². The molecule has 0 bridgehead atoms. The third-order valence-electron chi connectivity index (χ3n) is 5.80. The average Bonchev–Trinajstić information content (AvgIpc) is 2.53. The van der Waals surface area contributed by atoms with E-state index in [1.165, 1.54) is 38.5 Å². The van der Waals surface area contributed by atoms with Gasteiger partial charge in [-0.2, -0.15) is 0 Å². The molecule has 2 fully saturated rings. The fourth-order valence-electron chi connectivity index (χ4n) is 4.22. The van der Waals surface area contributed by atoms with Crippen LogP contribution in [0.4, 0.5) is 0 Å². The maximum absolute atomic E-state index is 10.3. The summed E-state index contributed by atoms with van der Waals surface area (Å²) in [4.78, 5) is 4.74. The second kappa shape index (κ2) is 10.1. The second-order valence-corrected chi connectivity index (χ2v) is 8.01. The third-order valence-corrected chi connectivity index (χ3v) is 5.80. The van der Waals surface area contributed by atoms with Crippen molar-refractivity contribution in [3.05, 3.63) is 0 Å². The molecule has 0 radical (unpaired) electrons. The highest BCUT2D eigenvalue weighted by Crippen LogP contribution is 2.22. The summed E-state index contributed by atoms with van der Waals surface area (Å²) in [5.41, 5.74) is 0. The first-order valence-corrected chi connectivity index (χ1v) is 9.91. The number of aliphatic hydroxyl groups is 2. The molecule has 2 aliphatic heterocycles. The minimum Gasteiger partial charge on any atom is -0.389 e. The number of ether oxygens (including phenoxy) is 1. The molecule has 5 heteroatoms. The summed E-state index contributed by atoms with van der Waals surface area (Å²) in [6.07, 6.45) is 6.51. The van der Waals surface area contributed by atoms with Crippen LogP contribution in [0.2, 0.25) is 0 Å². The molecule has 5 unspecified atom stereocenters. The Bertz CT molecular complexity index is 346. The lowest BCUT2D eigenvalue weighted by atomic mass is 9.97. The van der Waals surface area contributed by atoms with Crippen molar-refractivity contribution in [2.24, 2.45) is 0 Å². The standard InChI is InChI=1S/C19H38N2O3/c1-15-7-4-5-10-20(15)11-18(22)13-24-14-19(23)12-21-16(2)8-6-9-17(21)3/h15-19,22-23H,4-14H2,1-3H3. The zero-order chi connectivity index (χ0) is 17.5. The minimum atomic E-state index is -0.478. The zero-order valence-corrected chi connectivity index (χ0v) is 15.9. The van der Waals surface area contributed by atoms with Crippen molar-refractivity contribution in [3.63, 3.8) is 0 Å². The second-order valence-electron chi connectivity index (χ2n) is 8.01. The van der Waals surface area contributed by atoms with Gasteiger partial charge < -0.3 is 14.9 Å². The first kappa shape index (κ1) is 20.1. The van der Waals surface area contributed by atoms with E-state index in [0.29, 0.717) is 44.4 Å². The minimum absolute atomic E-state index is 0.308. The molecule has 0 aromatic carbocycles. The van der Waals surface area contributed by atoms with Gasteiger partial charge in [-0.25, -0.2) is 0 Å². The lowest BCUT2D eigenvalue weighted by Gasteiger charge is -2.40. The number of nitrogens with zero attached hydrogens (tertiary/aromatic N) is 2. The van der Waals surface area contributed by atoms with Crippen molar-refractivity contribution in [1.82, 2.24) is 9.80 Å². The maximum Gasteiger partial charge on any atom is 0.0900 e. The molecule has 0 amide bonds. The zero-order valence-electron chi connectivity index (χ0n) is 15.9. The van der Waals surface area contributed by atoms with Crippen molar-refractivity contribution in [1.29, 1.82) is 0 Å². The number of hydrogen-bond acceptors (Lipinski definition) is 5. The van der Waals surface area contributed by atoms with Crippen LogP contribution in [0.3, 0.4) is 0 Å². The van der Waals surface area contributed by atoms with Gasteiger partial charge in [-0.15, -0.1) is 0 Å². The summed E-state index contributed by atoms with van der Waals surface area (Å²) in [6, 6.07) is 1.63. The summed E-state index contributed by atoms with van der Waals surface area (Å²) < 4.78 is 5.59. The lowest BCUT2D eigenvalue weighted by Crippen LogP contribution is -2.48. The summed E-state index contributed by atoms with van der Waals surface area (Å²) in [5.74, 6) is 0. The first-order valence-electron chi connectivity index (χ1n) is 9.91. The van der Waals surface area contributed by atoms with Crippen molar-refractivity contribution in [2.75, 3.05) is 32.8 Å². The van der Waals surface area contributed by atoms with Gasteiger partial charge in [0.1, 0.15) is 0 Å². The Kier molecular flexibility index (Phi) is 8.44. The van der Waals surface area contributed by atoms with Crippen molar-refractivity contribution >= 4 is 0 Å². The topological polar surface area (TPSA) is 56.2 Å². The smallest absolute Gasteiger partial charge is 0.0900 e. The Morgan fingerprint density at radius 2 is 1.42 bits per heavy atom. The Balaban J connectivity index is 1.62. The van der Waals surface area contributed by atoms with Gasteiger partial charge in [-0.1, -0.05) is 12.8 Å². The summed E-state index contributed by atoms with van der Waals surface area (Å²) in [6.45, 7) is 9.76. The summed E-state index contributed by atoms with van der Waals surface area (Å²) in [7, 11) is 0. The van der Waals surface area contributed by atoms with E-state index in [4.69, 9.17) is 4.74 Å². The van der Waals surface area contributed by atoms with Crippen molar-refractivity contribution in [3.8, 4) is 0 Å². The fraction of sp³-hybridized carbons (Fsp3) is 1.00. The highest BCUT2D eigenvalue weighted by atomic mass is 16.5. The van der Waals surface area contributed by atoms with Gasteiger partial charge >= 0.3 is 0 Å². The first-order chi connectivity index (χ1) is 11.5. The fourth-order valence-corrected chi connectivity index (χ4v) is 4.22. The molecule has 2 saturated heterocycles. The molecule has 0 aromatic heterocycles. The lowest BCUT2D eigenvalue weighted by molar-refractivity contribution is -0.0405. The average molecular weight is 343 g/mol. The molecule has 5 atom stereocenters. The van der Waals surface area contributed by atoms with E-state index in [1.807, 2.05) is 0 Å².